The van der Waals surface area contributed by atoms with Gasteiger partial charge in [-0.15, -0.1) is 0 Å². The molecule has 0 bridgehead atoms. The van der Waals surface area contributed by atoms with Gasteiger partial charge in [0.25, 0.3) is 0 Å². The summed E-state index contributed by atoms with van der Waals surface area (Å²) in [5.74, 6) is 0. The van der Waals surface area contributed by atoms with E-state index in [1.807, 2.05) is 83.2 Å². The normalized spacial score (nSPS) is 9.94. The minimum Gasteiger partial charge on any atom is -0.399 e. The van der Waals surface area contributed by atoms with Crippen LogP contribution < -0.4 is 5.73 Å². The molecule has 0 aliphatic rings. The van der Waals surface area contributed by atoms with Crippen LogP contribution in [0.15, 0.2) is 60.8 Å². The Morgan fingerprint density at radius 3 is 2.00 bits per heavy atom. The van der Waals surface area contributed by atoms with Crippen molar-refractivity contribution >= 4 is 5.57 Å². The monoisotopic (exact) mass is 245 g/mol. The van der Waals surface area contributed by atoms with Crippen LogP contribution in [0.3, 0.4) is 0 Å². The second-order valence-electron chi connectivity index (χ2n) is 3.04. The first kappa shape index (κ1) is 18.6. The molecular weight excluding hydrogens is 218 g/mol. The van der Waals surface area contributed by atoms with E-state index >= 15 is 0 Å². The molecule has 0 radical (unpaired) electrons. The van der Waals surface area contributed by atoms with E-state index in [1.54, 1.807) is 0 Å². The molecule has 1 rings (SSSR count). The average Bonchev–Trinajstić information content (AvgIpc) is 2.44. The predicted molar refractivity (Wildman–Crippen MR) is 85.3 cm³/mol. The third-order valence-electron chi connectivity index (χ3n) is 1.84. The fourth-order valence-corrected chi connectivity index (χ4v) is 1.18. The minimum absolute atomic E-state index is 0.723. The largest absolute Gasteiger partial charge is 0.399 e. The van der Waals surface area contributed by atoms with Gasteiger partial charge >= 0.3 is 0 Å². The Morgan fingerprint density at radius 2 is 1.56 bits per heavy atom. The summed E-state index contributed by atoms with van der Waals surface area (Å²) in [5.41, 5.74) is 8.49. The molecule has 0 aliphatic carbocycles. The van der Waals surface area contributed by atoms with E-state index in [0.717, 1.165) is 16.8 Å². The maximum atomic E-state index is 5.74. The van der Waals surface area contributed by atoms with Gasteiger partial charge < -0.3 is 5.73 Å². The molecule has 0 saturated heterocycles. The molecule has 0 heterocycles. The highest BCUT2D eigenvalue weighted by Crippen LogP contribution is 2.13. The Balaban J connectivity index is 0. The SMILES string of the molecule is C=C(/C=C(N)\C=C/C)c1ccccc1.CC.CC. The van der Waals surface area contributed by atoms with E-state index in [0.29, 0.717) is 0 Å². The zero-order valence-electron chi connectivity index (χ0n) is 12.4. The lowest BCUT2D eigenvalue weighted by Gasteiger charge is -2.00. The van der Waals surface area contributed by atoms with Gasteiger partial charge in [-0.05, 0) is 30.2 Å². The third-order valence-corrected chi connectivity index (χ3v) is 1.84. The molecule has 18 heavy (non-hydrogen) atoms. The van der Waals surface area contributed by atoms with Crippen molar-refractivity contribution in [2.75, 3.05) is 0 Å². The Kier molecular flexibility index (Phi) is 13.7. The molecule has 100 valence electrons. The second kappa shape index (κ2) is 13.3. The van der Waals surface area contributed by atoms with Gasteiger partial charge in [-0.1, -0.05) is 70.7 Å². The van der Waals surface area contributed by atoms with Crippen molar-refractivity contribution < 1.29 is 0 Å². The highest BCUT2D eigenvalue weighted by atomic mass is 14.5. The van der Waals surface area contributed by atoms with Gasteiger partial charge in [-0.3, -0.25) is 0 Å². The molecule has 0 aromatic heterocycles. The molecule has 0 fully saturated rings. The van der Waals surface area contributed by atoms with Crippen LogP contribution in [-0.2, 0) is 0 Å². The van der Waals surface area contributed by atoms with Gasteiger partial charge in [0, 0.05) is 5.70 Å². The summed E-state index contributed by atoms with van der Waals surface area (Å²) in [7, 11) is 0. The van der Waals surface area contributed by atoms with Crippen LogP contribution in [0.25, 0.3) is 5.57 Å². The van der Waals surface area contributed by atoms with Gasteiger partial charge in [0.1, 0.15) is 0 Å². The molecule has 0 spiro atoms. The van der Waals surface area contributed by atoms with Gasteiger partial charge in [0.05, 0.1) is 0 Å². The topological polar surface area (TPSA) is 26.0 Å². The lowest BCUT2D eigenvalue weighted by Crippen LogP contribution is -1.93. The molecular formula is C17H27N. The highest BCUT2D eigenvalue weighted by molar-refractivity contribution is 5.72. The molecule has 1 aromatic carbocycles. The van der Waals surface area contributed by atoms with E-state index in [9.17, 15) is 0 Å². The summed E-state index contributed by atoms with van der Waals surface area (Å²) >= 11 is 0. The maximum absolute atomic E-state index is 5.74. The predicted octanol–water partition coefficient (Wildman–Crippen LogP) is 5.17. The fourth-order valence-electron chi connectivity index (χ4n) is 1.18. The number of allylic oxidation sites excluding steroid dienone is 4. The molecule has 1 aromatic rings. The van der Waals surface area contributed by atoms with E-state index in [2.05, 4.69) is 6.58 Å². The van der Waals surface area contributed by atoms with Crippen molar-refractivity contribution in [2.45, 2.75) is 34.6 Å². The van der Waals surface area contributed by atoms with Crippen molar-refractivity contribution in [1.29, 1.82) is 0 Å². The van der Waals surface area contributed by atoms with E-state index in [4.69, 9.17) is 5.73 Å². The first-order chi connectivity index (χ1) is 8.74. The summed E-state index contributed by atoms with van der Waals surface area (Å²) < 4.78 is 0. The lowest BCUT2D eigenvalue weighted by atomic mass is 10.1. The number of nitrogens with two attached hydrogens (primary N) is 1. The highest BCUT2D eigenvalue weighted by Gasteiger charge is 1.93. The first-order valence-electron chi connectivity index (χ1n) is 6.58. The zero-order valence-corrected chi connectivity index (χ0v) is 12.4. The maximum Gasteiger partial charge on any atom is 0.0316 e. The Morgan fingerprint density at radius 1 is 1.06 bits per heavy atom. The average molecular weight is 245 g/mol. The standard InChI is InChI=1S/C13H15N.2C2H6/c1-3-7-13(14)10-11(2)12-8-5-4-6-9-12;2*1-2/h3-10H,2,14H2,1H3;2*1-2H3/b7-3-,13-10+;;. The summed E-state index contributed by atoms with van der Waals surface area (Å²) in [4.78, 5) is 0. The van der Waals surface area contributed by atoms with Crippen LogP contribution in [0.5, 0.6) is 0 Å². The summed E-state index contributed by atoms with van der Waals surface area (Å²) in [6, 6.07) is 9.99. The molecule has 0 saturated carbocycles. The van der Waals surface area contributed by atoms with Crippen LogP contribution in [0, 0.1) is 0 Å². The number of hydrogen-bond acceptors (Lipinski definition) is 1. The number of rotatable bonds is 3. The van der Waals surface area contributed by atoms with Crippen molar-refractivity contribution in [3.05, 3.63) is 66.4 Å². The molecule has 1 nitrogen and oxygen atoms in total. The molecule has 1 heteroatoms. The fraction of sp³-hybridized carbons (Fsp3) is 0.294. The number of hydrogen-bond donors (Lipinski definition) is 1. The zero-order chi connectivity index (χ0) is 14.4. The van der Waals surface area contributed by atoms with Crippen LogP contribution in [-0.4, -0.2) is 0 Å². The van der Waals surface area contributed by atoms with Crippen molar-refractivity contribution in [1.82, 2.24) is 0 Å². The first-order valence-corrected chi connectivity index (χ1v) is 6.58. The van der Waals surface area contributed by atoms with Crippen molar-refractivity contribution in [3.8, 4) is 0 Å². The smallest absolute Gasteiger partial charge is 0.0316 e. The second-order valence-corrected chi connectivity index (χ2v) is 3.04. The van der Waals surface area contributed by atoms with Gasteiger partial charge in [-0.25, -0.2) is 0 Å². The Bertz CT molecular complexity index is 358. The van der Waals surface area contributed by atoms with E-state index in [1.165, 1.54) is 0 Å². The molecule has 0 aliphatic heterocycles. The molecule has 2 N–H and O–H groups in total. The lowest BCUT2D eigenvalue weighted by molar-refractivity contribution is 1.41. The van der Waals surface area contributed by atoms with Crippen molar-refractivity contribution in [2.24, 2.45) is 5.73 Å². The molecule has 0 amide bonds. The van der Waals surface area contributed by atoms with Gasteiger partial charge in [0.2, 0.25) is 0 Å². The van der Waals surface area contributed by atoms with Crippen molar-refractivity contribution in [3.63, 3.8) is 0 Å². The Labute approximate surface area is 113 Å². The van der Waals surface area contributed by atoms with Gasteiger partial charge in [0.15, 0.2) is 0 Å². The van der Waals surface area contributed by atoms with E-state index < -0.39 is 0 Å². The van der Waals surface area contributed by atoms with E-state index in [-0.39, 0.29) is 0 Å². The molecule has 0 atom stereocenters. The minimum atomic E-state index is 0.723. The summed E-state index contributed by atoms with van der Waals surface area (Å²) in [5, 5.41) is 0. The van der Waals surface area contributed by atoms with Crippen LogP contribution in [0.4, 0.5) is 0 Å². The Hall–Kier alpha value is -1.76. The van der Waals surface area contributed by atoms with Crippen LogP contribution >= 0.6 is 0 Å². The molecule has 0 unspecified atom stereocenters. The van der Waals surface area contributed by atoms with Crippen LogP contribution in [0.2, 0.25) is 0 Å². The summed E-state index contributed by atoms with van der Waals surface area (Å²) in [6.45, 7) is 13.9. The third kappa shape index (κ3) is 8.40. The summed E-state index contributed by atoms with van der Waals surface area (Å²) in [6.07, 6.45) is 5.63. The van der Waals surface area contributed by atoms with Gasteiger partial charge in [-0.2, -0.15) is 0 Å². The van der Waals surface area contributed by atoms with Crippen LogP contribution in [0.1, 0.15) is 40.2 Å². The quantitative estimate of drug-likeness (QED) is 0.730. The number of benzene rings is 1.